The van der Waals surface area contributed by atoms with Crippen LogP contribution in [0, 0.1) is 5.92 Å². The lowest BCUT2D eigenvalue weighted by Gasteiger charge is -2.30. The molecule has 33 heavy (non-hydrogen) atoms. The minimum atomic E-state index is 0.471. The van der Waals surface area contributed by atoms with Crippen LogP contribution < -0.4 is 9.47 Å². The molecule has 7 heteroatoms. The van der Waals surface area contributed by atoms with Crippen molar-refractivity contribution in [1.29, 1.82) is 0 Å². The number of hydrogen-bond acceptors (Lipinski definition) is 7. The Morgan fingerprint density at radius 1 is 1.12 bits per heavy atom. The van der Waals surface area contributed by atoms with E-state index in [1.807, 2.05) is 0 Å². The van der Waals surface area contributed by atoms with E-state index in [9.17, 15) is 0 Å². The maximum absolute atomic E-state index is 6.20. The number of ether oxygens (including phenoxy) is 2. The molecule has 0 unspecified atom stereocenters. The Morgan fingerprint density at radius 3 is 2.94 bits per heavy atom. The number of unbranched alkanes of at least 4 members (excludes halogenated alkanes) is 1. The maximum Gasteiger partial charge on any atom is 0.142 e. The van der Waals surface area contributed by atoms with Crippen LogP contribution in [-0.2, 0) is 6.42 Å². The van der Waals surface area contributed by atoms with Crippen molar-refractivity contribution < 1.29 is 9.47 Å². The number of rotatable bonds is 7. The summed E-state index contributed by atoms with van der Waals surface area (Å²) in [5.41, 5.74) is 6.08. The molecule has 0 saturated carbocycles. The van der Waals surface area contributed by atoms with Crippen LogP contribution in [0.5, 0.6) is 11.5 Å². The summed E-state index contributed by atoms with van der Waals surface area (Å²) in [5.74, 6) is 2.99. The quantitative estimate of drug-likeness (QED) is 0.312. The van der Waals surface area contributed by atoms with Gasteiger partial charge in [-0.3, -0.25) is 4.98 Å². The number of benzene rings is 1. The number of aromatic nitrogens is 2. The van der Waals surface area contributed by atoms with E-state index in [0.29, 0.717) is 11.8 Å². The Hall–Kier alpha value is -2.48. The van der Waals surface area contributed by atoms with Crippen LogP contribution in [0.2, 0.25) is 0 Å². The number of fused-ring (bicyclic) bond motifs is 4. The summed E-state index contributed by atoms with van der Waals surface area (Å²) in [6.07, 6.45) is 7.01. The molecular formula is C26H27N3O2S2. The second kappa shape index (κ2) is 9.05. The van der Waals surface area contributed by atoms with E-state index < -0.39 is 0 Å². The SMILES string of the molecule is COc1c(-c2ccsc2)ccc2c1[C@@H]1CN(CCCCc3csc4nccnc34)C[C@H]1CO2. The van der Waals surface area contributed by atoms with Crippen LogP contribution in [0.1, 0.15) is 29.9 Å². The smallest absolute Gasteiger partial charge is 0.142 e. The first-order valence-electron chi connectivity index (χ1n) is 11.6. The molecule has 5 heterocycles. The molecule has 170 valence electrons. The summed E-state index contributed by atoms with van der Waals surface area (Å²) in [7, 11) is 1.79. The first-order chi connectivity index (χ1) is 16.3. The van der Waals surface area contributed by atoms with Crippen molar-refractivity contribution in [2.24, 2.45) is 5.92 Å². The normalized spacial score (nSPS) is 19.9. The van der Waals surface area contributed by atoms with Gasteiger partial charge in [0.25, 0.3) is 0 Å². The highest BCUT2D eigenvalue weighted by Crippen LogP contribution is 2.49. The highest BCUT2D eigenvalue weighted by Gasteiger charge is 2.41. The molecule has 0 N–H and O–H groups in total. The first kappa shape index (κ1) is 21.1. The van der Waals surface area contributed by atoms with E-state index in [4.69, 9.17) is 9.47 Å². The molecule has 0 radical (unpaired) electrons. The van der Waals surface area contributed by atoms with E-state index >= 15 is 0 Å². The molecule has 4 aromatic rings. The average molecular weight is 478 g/mol. The second-order valence-corrected chi connectivity index (χ2v) is 10.6. The lowest BCUT2D eigenvalue weighted by atomic mass is 9.84. The summed E-state index contributed by atoms with van der Waals surface area (Å²) < 4.78 is 12.2. The summed E-state index contributed by atoms with van der Waals surface area (Å²) in [6, 6.07) is 6.45. The zero-order valence-corrected chi connectivity index (χ0v) is 20.3. The van der Waals surface area contributed by atoms with Gasteiger partial charge in [0.2, 0.25) is 0 Å². The van der Waals surface area contributed by atoms with Crippen LogP contribution in [0.25, 0.3) is 21.5 Å². The molecule has 6 rings (SSSR count). The second-order valence-electron chi connectivity index (χ2n) is 8.94. The van der Waals surface area contributed by atoms with E-state index in [1.165, 1.54) is 35.1 Å². The molecule has 1 fully saturated rings. The number of hydrogen-bond donors (Lipinski definition) is 0. The third kappa shape index (κ3) is 3.92. The molecular weight excluding hydrogens is 450 g/mol. The fraction of sp³-hybridized carbons (Fsp3) is 0.385. The van der Waals surface area contributed by atoms with Gasteiger partial charge in [-0.1, -0.05) is 0 Å². The molecule has 1 saturated heterocycles. The van der Waals surface area contributed by atoms with E-state index in [0.717, 1.165) is 54.5 Å². The van der Waals surface area contributed by atoms with Gasteiger partial charge in [-0.2, -0.15) is 11.3 Å². The number of methoxy groups -OCH3 is 1. The van der Waals surface area contributed by atoms with Crippen LogP contribution in [0.3, 0.4) is 0 Å². The van der Waals surface area contributed by atoms with Crippen LogP contribution in [0.15, 0.2) is 46.7 Å². The molecule has 2 aliphatic heterocycles. The summed E-state index contributed by atoms with van der Waals surface area (Å²) in [5, 5.41) is 6.53. The first-order valence-corrected chi connectivity index (χ1v) is 13.4. The van der Waals surface area contributed by atoms with Crippen LogP contribution in [-0.4, -0.2) is 48.2 Å². The van der Waals surface area contributed by atoms with Crippen molar-refractivity contribution in [2.75, 3.05) is 33.4 Å². The van der Waals surface area contributed by atoms with Gasteiger partial charge in [0.05, 0.1) is 13.7 Å². The summed E-state index contributed by atoms with van der Waals surface area (Å²) in [6.45, 7) is 4.11. The van der Waals surface area contributed by atoms with Gasteiger partial charge in [0, 0.05) is 48.4 Å². The third-order valence-corrected chi connectivity index (χ3v) is 8.59. The fourth-order valence-corrected chi connectivity index (χ4v) is 6.96. The highest BCUT2D eigenvalue weighted by atomic mass is 32.1. The van der Waals surface area contributed by atoms with Crippen molar-refractivity contribution in [2.45, 2.75) is 25.2 Å². The van der Waals surface area contributed by atoms with Crippen molar-refractivity contribution in [3.8, 4) is 22.6 Å². The van der Waals surface area contributed by atoms with Gasteiger partial charge in [0.1, 0.15) is 21.8 Å². The fourth-order valence-electron chi connectivity index (χ4n) is 5.40. The maximum atomic E-state index is 6.20. The van der Waals surface area contributed by atoms with Crippen molar-refractivity contribution in [1.82, 2.24) is 14.9 Å². The predicted molar refractivity (Wildman–Crippen MR) is 135 cm³/mol. The van der Waals surface area contributed by atoms with E-state index in [2.05, 4.69) is 49.2 Å². The minimum absolute atomic E-state index is 0.471. The number of thiophene rings is 2. The Kier molecular flexibility index (Phi) is 5.78. The van der Waals surface area contributed by atoms with Gasteiger partial charge in [0.15, 0.2) is 0 Å². The van der Waals surface area contributed by atoms with Crippen LogP contribution in [0.4, 0.5) is 0 Å². The van der Waals surface area contributed by atoms with E-state index in [-0.39, 0.29) is 0 Å². The molecule has 0 amide bonds. The van der Waals surface area contributed by atoms with Crippen molar-refractivity contribution in [3.63, 3.8) is 0 Å². The molecule has 5 nitrogen and oxygen atoms in total. The molecule has 0 bridgehead atoms. The molecule has 0 spiro atoms. The highest BCUT2D eigenvalue weighted by molar-refractivity contribution is 7.16. The topological polar surface area (TPSA) is 47.5 Å². The Labute approximate surface area is 202 Å². The van der Waals surface area contributed by atoms with Crippen molar-refractivity contribution in [3.05, 3.63) is 57.9 Å². The van der Waals surface area contributed by atoms with Gasteiger partial charge in [-0.25, -0.2) is 4.98 Å². The zero-order valence-electron chi connectivity index (χ0n) is 18.7. The van der Waals surface area contributed by atoms with Crippen molar-refractivity contribution >= 4 is 33.0 Å². The standard InChI is InChI=1S/C26H27N3O2S2/c1-30-25-20(17-7-11-32-15-17)5-6-22-23(25)21-13-29(12-19(21)14-31-22)10-3-2-4-18-16-33-26-24(18)27-8-9-28-26/h5-9,11,15-16,19,21H,2-4,10,12-14H2,1H3/t19-,21+/m0/s1. The molecule has 2 aliphatic rings. The average Bonchev–Trinajstić information content (AvgIpc) is 3.61. The monoisotopic (exact) mass is 477 g/mol. The van der Waals surface area contributed by atoms with Gasteiger partial charge in [-0.05, 0) is 71.3 Å². The Bertz CT molecular complexity index is 1250. The van der Waals surface area contributed by atoms with Gasteiger partial charge >= 0.3 is 0 Å². The van der Waals surface area contributed by atoms with Gasteiger partial charge < -0.3 is 14.4 Å². The molecule has 1 aromatic carbocycles. The summed E-state index contributed by atoms with van der Waals surface area (Å²) >= 11 is 3.42. The molecule has 0 aliphatic carbocycles. The number of nitrogens with zero attached hydrogens (tertiary/aromatic N) is 3. The largest absolute Gasteiger partial charge is 0.496 e. The predicted octanol–water partition coefficient (Wildman–Crippen LogP) is 5.86. The Morgan fingerprint density at radius 2 is 2.06 bits per heavy atom. The number of likely N-dealkylation sites (tertiary alicyclic amines) is 1. The third-order valence-electron chi connectivity index (χ3n) is 6.98. The van der Waals surface area contributed by atoms with E-state index in [1.54, 1.807) is 42.2 Å². The zero-order chi connectivity index (χ0) is 22.2. The summed E-state index contributed by atoms with van der Waals surface area (Å²) in [4.78, 5) is 12.6. The lowest BCUT2D eigenvalue weighted by Crippen LogP contribution is -2.25. The Balaban J connectivity index is 1.13. The van der Waals surface area contributed by atoms with Gasteiger partial charge in [-0.15, -0.1) is 11.3 Å². The minimum Gasteiger partial charge on any atom is -0.496 e. The lowest BCUT2D eigenvalue weighted by molar-refractivity contribution is 0.209. The molecule has 2 atom stereocenters. The van der Waals surface area contributed by atoms with Crippen LogP contribution >= 0.6 is 22.7 Å². The number of aryl methyl sites for hydroxylation is 1. The molecule has 3 aromatic heterocycles.